The fraction of sp³-hybridized carbons (Fsp3) is 0.500. The van der Waals surface area contributed by atoms with Crippen molar-refractivity contribution in [2.24, 2.45) is 0 Å². The molecule has 0 unspecified atom stereocenters. The second-order valence-electron chi connectivity index (χ2n) is 5.77. The highest BCUT2D eigenvalue weighted by atomic mass is 14.1. The van der Waals surface area contributed by atoms with Gasteiger partial charge in [-0.25, -0.2) is 0 Å². The van der Waals surface area contributed by atoms with E-state index < -0.39 is 0 Å². The Morgan fingerprint density at radius 1 is 0.850 bits per heavy atom. The fourth-order valence-electron chi connectivity index (χ4n) is 2.82. The molecular formula is C20H27. The van der Waals surface area contributed by atoms with Gasteiger partial charge in [-0.2, -0.15) is 0 Å². The van der Waals surface area contributed by atoms with Gasteiger partial charge in [-0.15, -0.1) is 0 Å². The fourth-order valence-corrected chi connectivity index (χ4v) is 2.82. The zero-order chi connectivity index (χ0) is 14.2. The van der Waals surface area contributed by atoms with Crippen LogP contribution in [0.1, 0.15) is 63.5 Å². The molecule has 0 heteroatoms. The summed E-state index contributed by atoms with van der Waals surface area (Å²) in [7, 11) is 0. The number of hydrogen-bond donors (Lipinski definition) is 0. The molecule has 0 N–H and O–H groups in total. The molecule has 0 fully saturated rings. The normalized spacial score (nSPS) is 11.1. The largest absolute Gasteiger partial charge is 0.0654 e. The number of fused-ring (bicyclic) bond motifs is 1. The van der Waals surface area contributed by atoms with Crippen LogP contribution in [0.5, 0.6) is 0 Å². The Balaban J connectivity index is 2.21. The van der Waals surface area contributed by atoms with E-state index in [0.717, 1.165) is 0 Å². The quantitative estimate of drug-likeness (QED) is 0.506. The van der Waals surface area contributed by atoms with E-state index in [9.17, 15) is 0 Å². The monoisotopic (exact) mass is 267 g/mol. The predicted molar refractivity (Wildman–Crippen MR) is 89.2 cm³/mol. The molecule has 0 aromatic heterocycles. The molecule has 0 atom stereocenters. The highest BCUT2D eigenvalue weighted by Gasteiger charge is 2.05. The number of unbranched alkanes of at least 4 members (excludes halogenated alkanes) is 4. The Morgan fingerprint density at radius 2 is 1.55 bits per heavy atom. The third kappa shape index (κ3) is 4.10. The van der Waals surface area contributed by atoms with Crippen molar-refractivity contribution in [3.05, 3.63) is 47.5 Å². The molecule has 0 amide bonds. The lowest BCUT2D eigenvalue weighted by molar-refractivity contribution is 0.694. The predicted octanol–water partition coefficient (Wildman–Crippen LogP) is 6.11. The lowest BCUT2D eigenvalue weighted by Gasteiger charge is -2.11. The van der Waals surface area contributed by atoms with Crippen molar-refractivity contribution in [3.63, 3.8) is 0 Å². The van der Waals surface area contributed by atoms with Crippen molar-refractivity contribution >= 4 is 10.8 Å². The minimum atomic E-state index is 1.19. The van der Waals surface area contributed by atoms with E-state index in [1.807, 2.05) is 0 Å². The topological polar surface area (TPSA) is 0 Å². The van der Waals surface area contributed by atoms with E-state index in [-0.39, 0.29) is 0 Å². The molecule has 2 rings (SSSR count). The van der Waals surface area contributed by atoms with Crippen molar-refractivity contribution in [1.29, 1.82) is 0 Å². The first-order valence-corrected chi connectivity index (χ1v) is 8.28. The first-order valence-electron chi connectivity index (χ1n) is 8.28. The van der Waals surface area contributed by atoms with Crippen molar-refractivity contribution in [2.45, 2.75) is 65.2 Å². The summed E-state index contributed by atoms with van der Waals surface area (Å²) in [6, 6.07) is 14.7. The van der Waals surface area contributed by atoms with Gasteiger partial charge in [0.25, 0.3) is 0 Å². The second-order valence-corrected chi connectivity index (χ2v) is 5.77. The highest BCUT2D eigenvalue weighted by Crippen LogP contribution is 2.23. The Kier molecular flexibility index (Phi) is 6.11. The van der Waals surface area contributed by atoms with Gasteiger partial charge in [0.05, 0.1) is 0 Å². The molecule has 0 heterocycles. The molecule has 0 nitrogen and oxygen atoms in total. The highest BCUT2D eigenvalue weighted by molar-refractivity contribution is 5.83. The van der Waals surface area contributed by atoms with E-state index in [2.05, 4.69) is 50.2 Å². The van der Waals surface area contributed by atoms with Gasteiger partial charge in [-0.3, -0.25) is 0 Å². The van der Waals surface area contributed by atoms with Gasteiger partial charge in [0.1, 0.15) is 0 Å². The van der Waals surface area contributed by atoms with Gasteiger partial charge in [0.15, 0.2) is 0 Å². The van der Waals surface area contributed by atoms with Crippen molar-refractivity contribution < 1.29 is 0 Å². The Labute approximate surface area is 124 Å². The van der Waals surface area contributed by atoms with E-state index in [0.29, 0.717) is 0 Å². The summed E-state index contributed by atoms with van der Waals surface area (Å²) in [5, 5.41) is 2.62. The molecule has 0 saturated carbocycles. The molecule has 0 bridgehead atoms. The van der Waals surface area contributed by atoms with Gasteiger partial charge >= 0.3 is 0 Å². The van der Waals surface area contributed by atoms with Crippen molar-refractivity contribution in [3.8, 4) is 0 Å². The van der Waals surface area contributed by atoms with Crippen LogP contribution in [0.4, 0.5) is 0 Å². The first kappa shape index (κ1) is 15.1. The summed E-state index contributed by atoms with van der Waals surface area (Å²) in [6.45, 7) is 4.54. The van der Waals surface area contributed by atoms with Gasteiger partial charge in [-0.05, 0) is 53.6 Å². The number of aryl methyl sites for hydroxylation is 2. The summed E-state index contributed by atoms with van der Waals surface area (Å²) in [4.78, 5) is 0. The molecule has 0 aliphatic carbocycles. The maximum absolute atomic E-state index is 3.68. The molecule has 2 aromatic rings. The number of rotatable bonds is 8. The molecule has 0 aliphatic heterocycles. The van der Waals surface area contributed by atoms with Crippen LogP contribution in [0.25, 0.3) is 10.8 Å². The summed E-state index contributed by atoms with van der Waals surface area (Å²) < 4.78 is 0. The van der Waals surface area contributed by atoms with E-state index >= 15 is 0 Å². The molecule has 1 radical (unpaired) electrons. The summed E-state index contributed by atoms with van der Waals surface area (Å²) >= 11 is 0. The van der Waals surface area contributed by atoms with Crippen LogP contribution in [0.15, 0.2) is 30.3 Å². The van der Waals surface area contributed by atoms with E-state index in [4.69, 9.17) is 0 Å². The SMILES string of the molecule is CCCCCc1[c]c2ccccc2cc1CCCCC. The third-order valence-corrected chi connectivity index (χ3v) is 4.04. The number of benzene rings is 2. The van der Waals surface area contributed by atoms with Crippen molar-refractivity contribution in [1.82, 2.24) is 0 Å². The Morgan fingerprint density at radius 3 is 2.30 bits per heavy atom. The maximum Gasteiger partial charge on any atom is -0.00614 e. The van der Waals surface area contributed by atoms with Gasteiger partial charge in [0, 0.05) is 0 Å². The minimum Gasteiger partial charge on any atom is -0.0654 e. The Bertz CT molecular complexity index is 476. The third-order valence-electron chi connectivity index (χ3n) is 4.04. The molecule has 0 saturated heterocycles. The minimum absolute atomic E-state index is 1.19. The second kappa shape index (κ2) is 8.09. The van der Waals surface area contributed by atoms with Crippen LogP contribution in [-0.4, -0.2) is 0 Å². The average Bonchev–Trinajstić information content (AvgIpc) is 2.48. The van der Waals surface area contributed by atoms with E-state index in [1.165, 1.54) is 73.3 Å². The molecule has 107 valence electrons. The lowest BCUT2D eigenvalue weighted by atomic mass is 9.94. The summed E-state index contributed by atoms with van der Waals surface area (Å²) in [6.07, 6.45) is 10.3. The van der Waals surface area contributed by atoms with Crippen LogP contribution in [0.2, 0.25) is 0 Å². The van der Waals surface area contributed by atoms with E-state index in [1.54, 1.807) is 0 Å². The summed E-state index contributed by atoms with van der Waals surface area (Å²) in [5.41, 5.74) is 3.00. The van der Waals surface area contributed by atoms with Gasteiger partial charge in [-0.1, -0.05) is 69.9 Å². The zero-order valence-electron chi connectivity index (χ0n) is 13.0. The van der Waals surface area contributed by atoms with Gasteiger partial charge < -0.3 is 0 Å². The van der Waals surface area contributed by atoms with Crippen LogP contribution in [0.3, 0.4) is 0 Å². The van der Waals surface area contributed by atoms with Crippen LogP contribution >= 0.6 is 0 Å². The average molecular weight is 267 g/mol. The maximum atomic E-state index is 3.68. The lowest BCUT2D eigenvalue weighted by Crippen LogP contribution is -1.96. The van der Waals surface area contributed by atoms with Crippen LogP contribution in [-0.2, 0) is 12.8 Å². The number of hydrogen-bond acceptors (Lipinski definition) is 0. The Hall–Kier alpha value is -1.30. The smallest absolute Gasteiger partial charge is 0.00614 e. The molecular weight excluding hydrogens is 240 g/mol. The summed E-state index contributed by atoms with van der Waals surface area (Å²) in [5.74, 6) is 0. The molecule has 0 spiro atoms. The zero-order valence-corrected chi connectivity index (χ0v) is 13.0. The van der Waals surface area contributed by atoms with Crippen LogP contribution in [0, 0.1) is 6.07 Å². The van der Waals surface area contributed by atoms with Gasteiger partial charge in [0.2, 0.25) is 0 Å². The standard InChI is InChI=1S/C20H27/c1-3-5-7-11-17-15-19-13-9-10-14-20(19)16-18(17)12-8-6-4-2/h9-10,13-15H,3-8,11-12H2,1-2H3. The molecule has 0 aliphatic rings. The first-order chi connectivity index (χ1) is 9.85. The van der Waals surface area contributed by atoms with Crippen molar-refractivity contribution in [2.75, 3.05) is 0 Å². The molecule has 20 heavy (non-hydrogen) atoms. The van der Waals surface area contributed by atoms with Crippen LogP contribution < -0.4 is 0 Å². The molecule has 2 aromatic carbocycles.